The average Bonchev–Trinajstić information content (AvgIpc) is 3.32. The zero-order valence-electron chi connectivity index (χ0n) is 24.5. The number of fused-ring (bicyclic) bond motifs is 1. The van der Waals surface area contributed by atoms with Gasteiger partial charge in [-0.05, 0) is 79.8 Å². The number of hydrogen-bond acceptors (Lipinski definition) is 5. The van der Waals surface area contributed by atoms with Crippen LogP contribution in [0.1, 0.15) is 85.8 Å². The number of hydrogen-bond donors (Lipinski definition) is 1. The lowest BCUT2D eigenvalue weighted by Crippen LogP contribution is -2.37. The van der Waals surface area contributed by atoms with Crippen LogP contribution in [0.3, 0.4) is 0 Å². The van der Waals surface area contributed by atoms with E-state index in [2.05, 4.69) is 51.7 Å². The molecule has 3 aromatic rings. The van der Waals surface area contributed by atoms with E-state index in [1.807, 2.05) is 36.4 Å². The van der Waals surface area contributed by atoms with Crippen molar-refractivity contribution in [3.63, 3.8) is 0 Å². The molecule has 3 unspecified atom stereocenters. The summed E-state index contributed by atoms with van der Waals surface area (Å²) in [4.78, 5) is 20.7. The topological polar surface area (TPSA) is 67.6 Å². The van der Waals surface area contributed by atoms with Crippen LogP contribution in [0.15, 0.2) is 48.5 Å². The Kier molecular flexibility index (Phi) is 10.1. The highest BCUT2D eigenvalue weighted by molar-refractivity contribution is 5.84. The largest absolute Gasteiger partial charge is 0.459 e. The number of aromatic nitrogens is 2. The molecule has 1 aliphatic rings. The van der Waals surface area contributed by atoms with Crippen LogP contribution >= 0.6 is 0 Å². The van der Waals surface area contributed by atoms with Gasteiger partial charge in [0.15, 0.2) is 0 Å². The van der Waals surface area contributed by atoms with E-state index in [1.165, 1.54) is 5.69 Å². The fourth-order valence-electron chi connectivity index (χ4n) is 5.95. The fourth-order valence-corrected chi connectivity index (χ4v) is 5.95. The quantitative estimate of drug-likeness (QED) is 0.243. The molecular weight excluding hydrogens is 486 g/mol. The van der Waals surface area contributed by atoms with Gasteiger partial charge in [-0.25, -0.2) is 9.78 Å². The summed E-state index contributed by atoms with van der Waals surface area (Å²) >= 11 is 0. The fraction of sp³-hybridized carbons (Fsp3) is 0.576. The van der Waals surface area contributed by atoms with Crippen molar-refractivity contribution in [2.45, 2.75) is 91.9 Å². The van der Waals surface area contributed by atoms with Crippen molar-refractivity contribution in [3.8, 4) is 11.4 Å². The molecule has 1 saturated carbocycles. The lowest BCUT2D eigenvalue weighted by atomic mass is 9.75. The molecule has 2 aromatic carbocycles. The Morgan fingerprint density at radius 1 is 1.05 bits per heavy atom. The third kappa shape index (κ3) is 6.84. The van der Waals surface area contributed by atoms with Gasteiger partial charge in [-0.2, -0.15) is 0 Å². The third-order valence-electron chi connectivity index (χ3n) is 8.33. The zero-order valence-corrected chi connectivity index (χ0v) is 24.5. The van der Waals surface area contributed by atoms with Crippen molar-refractivity contribution in [1.82, 2.24) is 9.55 Å². The van der Waals surface area contributed by atoms with Crippen LogP contribution in [0.5, 0.6) is 0 Å². The molecule has 1 N–H and O–H groups in total. The van der Waals surface area contributed by atoms with E-state index in [4.69, 9.17) is 9.72 Å². The second-order valence-electron chi connectivity index (χ2n) is 11.7. The van der Waals surface area contributed by atoms with Gasteiger partial charge in [0, 0.05) is 24.3 Å². The molecule has 1 aromatic heterocycles. The van der Waals surface area contributed by atoms with Crippen LogP contribution < -0.4 is 4.90 Å². The highest BCUT2D eigenvalue weighted by Crippen LogP contribution is 2.36. The van der Waals surface area contributed by atoms with Crippen molar-refractivity contribution in [2.24, 2.45) is 17.8 Å². The Hall–Kier alpha value is -2.86. The number of carbonyl (C=O) groups excluding carboxylic acids is 1. The minimum atomic E-state index is -1.47. The van der Waals surface area contributed by atoms with E-state index in [-0.39, 0.29) is 6.10 Å². The summed E-state index contributed by atoms with van der Waals surface area (Å²) in [6.45, 7) is 13.1. The first-order chi connectivity index (χ1) is 18.8. The van der Waals surface area contributed by atoms with Gasteiger partial charge in [0.05, 0.1) is 11.0 Å². The lowest BCUT2D eigenvalue weighted by molar-refractivity contribution is -0.170. The lowest BCUT2D eigenvalue weighted by Gasteiger charge is -2.37. The number of carbonyl (C=O) groups is 1. The van der Waals surface area contributed by atoms with E-state index in [0.29, 0.717) is 29.1 Å². The molecule has 0 bridgehead atoms. The molecule has 39 heavy (non-hydrogen) atoms. The number of ether oxygens (including phenoxy) is 1. The number of para-hydroxylation sites is 2. The molecule has 0 amide bonds. The van der Waals surface area contributed by atoms with Gasteiger partial charge in [0.2, 0.25) is 6.23 Å². The van der Waals surface area contributed by atoms with Crippen molar-refractivity contribution in [1.29, 1.82) is 0 Å². The molecule has 0 spiro atoms. The Balaban J connectivity index is 1.63. The Morgan fingerprint density at radius 3 is 2.36 bits per heavy atom. The molecule has 0 aliphatic heterocycles. The molecule has 0 radical (unpaired) electrons. The van der Waals surface area contributed by atoms with Crippen molar-refractivity contribution < 1.29 is 14.6 Å². The summed E-state index contributed by atoms with van der Waals surface area (Å²) in [7, 11) is 0. The normalized spacial score (nSPS) is 20.3. The molecule has 1 fully saturated rings. The van der Waals surface area contributed by atoms with Crippen LogP contribution in [-0.2, 0) is 9.53 Å². The number of imidazole rings is 1. The summed E-state index contributed by atoms with van der Waals surface area (Å²) in [6.07, 6.45) is 6.04. The van der Waals surface area contributed by atoms with Gasteiger partial charge in [-0.15, -0.1) is 0 Å². The first-order valence-corrected chi connectivity index (χ1v) is 15.0. The molecular formula is C33H47N3O3. The maximum atomic E-state index is 13.4. The number of esters is 1. The summed E-state index contributed by atoms with van der Waals surface area (Å²) < 4.78 is 7.68. The van der Waals surface area contributed by atoms with Gasteiger partial charge in [-0.3, -0.25) is 4.57 Å². The molecule has 212 valence electrons. The van der Waals surface area contributed by atoms with Gasteiger partial charge in [0.25, 0.3) is 0 Å². The number of benzene rings is 2. The number of nitrogens with zero attached hydrogens (tertiary/aromatic N) is 3. The molecule has 4 rings (SSSR count). The van der Waals surface area contributed by atoms with Gasteiger partial charge < -0.3 is 14.7 Å². The molecule has 1 heterocycles. The minimum absolute atomic E-state index is 0.175. The maximum absolute atomic E-state index is 13.4. The molecule has 6 nitrogen and oxygen atoms in total. The summed E-state index contributed by atoms with van der Waals surface area (Å²) in [5.41, 5.74) is 3.50. The SMILES string of the molecule is CCCCN(CCCC)c1ccc(-c2nc3ccccc3n2[C@H](O)C(=O)OC2CC(C)CCC2C(C)C)cc1. The Morgan fingerprint density at radius 2 is 1.72 bits per heavy atom. The van der Waals surface area contributed by atoms with Crippen molar-refractivity contribution in [3.05, 3.63) is 48.5 Å². The third-order valence-corrected chi connectivity index (χ3v) is 8.33. The first kappa shape index (κ1) is 29.1. The second-order valence-corrected chi connectivity index (χ2v) is 11.7. The van der Waals surface area contributed by atoms with Gasteiger partial charge in [-0.1, -0.05) is 66.0 Å². The van der Waals surface area contributed by atoms with Crippen LogP contribution in [0, 0.1) is 17.8 Å². The van der Waals surface area contributed by atoms with E-state index in [9.17, 15) is 9.90 Å². The van der Waals surface area contributed by atoms with Crippen LogP contribution in [0.25, 0.3) is 22.4 Å². The van der Waals surface area contributed by atoms with Crippen LogP contribution in [0.4, 0.5) is 5.69 Å². The summed E-state index contributed by atoms with van der Waals surface area (Å²) in [5, 5.41) is 11.4. The monoisotopic (exact) mass is 533 g/mol. The van der Waals surface area contributed by atoms with E-state index in [0.717, 1.165) is 69.1 Å². The highest BCUT2D eigenvalue weighted by Gasteiger charge is 2.36. The molecule has 4 atom stereocenters. The van der Waals surface area contributed by atoms with Gasteiger partial charge >= 0.3 is 5.97 Å². The van der Waals surface area contributed by atoms with E-state index in [1.54, 1.807) is 4.57 Å². The average molecular weight is 534 g/mol. The maximum Gasteiger partial charge on any atom is 0.357 e. The van der Waals surface area contributed by atoms with E-state index >= 15 is 0 Å². The Bertz CT molecular complexity index is 1190. The number of aliphatic hydroxyl groups is 1. The number of unbranched alkanes of at least 4 members (excludes halogenated alkanes) is 2. The molecule has 1 aliphatic carbocycles. The van der Waals surface area contributed by atoms with Crippen molar-refractivity contribution >= 4 is 22.7 Å². The summed E-state index contributed by atoms with van der Waals surface area (Å²) in [5.74, 6) is 1.20. The molecule has 0 saturated heterocycles. The molecule has 6 heteroatoms. The smallest absolute Gasteiger partial charge is 0.357 e. The van der Waals surface area contributed by atoms with E-state index < -0.39 is 12.2 Å². The van der Waals surface area contributed by atoms with Crippen LogP contribution in [0.2, 0.25) is 0 Å². The number of aliphatic hydroxyl groups excluding tert-OH is 1. The predicted octanol–water partition coefficient (Wildman–Crippen LogP) is 7.60. The highest BCUT2D eigenvalue weighted by atomic mass is 16.6. The van der Waals surface area contributed by atoms with Gasteiger partial charge in [0.1, 0.15) is 11.9 Å². The van der Waals surface area contributed by atoms with Crippen molar-refractivity contribution in [2.75, 3.05) is 18.0 Å². The second kappa shape index (κ2) is 13.5. The zero-order chi connectivity index (χ0) is 27.9. The first-order valence-electron chi connectivity index (χ1n) is 15.0. The van der Waals surface area contributed by atoms with Crippen LogP contribution in [-0.4, -0.2) is 39.8 Å². The number of rotatable bonds is 12. The number of anilines is 1. The minimum Gasteiger partial charge on any atom is -0.459 e. The predicted molar refractivity (Wildman–Crippen MR) is 160 cm³/mol. The summed E-state index contributed by atoms with van der Waals surface area (Å²) in [6, 6.07) is 16.0. The standard InChI is InChI=1S/C33H47N3O3/c1-6-8-20-35(21-9-7-2)26-17-15-25(16-18-26)31-34-28-12-10-11-13-29(28)36(31)32(37)33(38)39-30-22-24(5)14-19-27(30)23(3)4/h10-13,15-18,23-24,27,30,32,37H,6-9,14,19-22H2,1-5H3/t24?,27?,30?,32-/m1/s1. The Labute approximate surface area is 234 Å².